The number of fused-ring (bicyclic) bond motifs is 8. The molecular formula is C42H54MgN4O5-2. The molecule has 0 amide bonds. The number of ether oxygens (including phenoxy) is 2. The van der Waals surface area contributed by atoms with Crippen LogP contribution in [0.1, 0.15) is 113 Å². The number of hydrogen-bond acceptors (Lipinski definition) is 5. The number of allylic oxidation sites excluding steroid dienone is 4. The van der Waals surface area contributed by atoms with Crippen LogP contribution in [0.25, 0.3) is 28.4 Å². The van der Waals surface area contributed by atoms with Crippen molar-refractivity contribution in [1.29, 1.82) is 0 Å². The Kier molecular flexibility index (Phi) is 12.8. The predicted molar refractivity (Wildman–Crippen MR) is 206 cm³/mol. The summed E-state index contributed by atoms with van der Waals surface area (Å²) in [5.74, 6) is -1.42. The zero-order valence-corrected chi connectivity index (χ0v) is 33.8. The molecular weight excluding hydrogens is 665 g/mol. The van der Waals surface area contributed by atoms with Gasteiger partial charge in [0.15, 0.2) is 6.29 Å². The van der Waals surface area contributed by atoms with E-state index in [9.17, 15) is 15.0 Å². The minimum absolute atomic E-state index is 0. The maximum Gasteiger partial charge on any atom is 2.00 e. The van der Waals surface area contributed by atoms with E-state index in [1.165, 1.54) is 18.3 Å². The third-order valence-electron chi connectivity index (χ3n) is 11.7. The summed E-state index contributed by atoms with van der Waals surface area (Å²) in [6, 6.07) is -0.475. The molecule has 4 aliphatic rings. The van der Waals surface area contributed by atoms with Crippen molar-refractivity contribution in [3.63, 3.8) is 0 Å². The number of nitrogens with zero attached hydrogens (tertiary/aromatic N) is 4. The Morgan fingerprint density at radius 3 is 2.46 bits per heavy atom. The van der Waals surface area contributed by atoms with Crippen LogP contribution in [0.3, 0.4) is 0 Å². The standard InChI is InChI=1S/C42H54N4O5.Mg/c1-10-13-21(4)16-17-51-35(47)15-14-28-24(7)31-18-29-22(5)26(11-2)33(43-29)19-30-23(6)27(12-3)34(44-30)20-32-25(8)36-40(46-32)37(39(28)45-31)38(41(36)48)42(49)50-9;/h16,18-20,24,26,28,35,38-39,41,47-48H,10-15,17H2,1-9H3;/q-4;+2/b21-16+,31-18-,32-20-,33-19-;/t24-,26+,28-,35?,38+,39?,41+;/m0./s1. The fourth-order valence-electron chi connectivity index (χ4n) is 8.70. The molecule has 0 saturated carbocycles. The maximum absolute atomic E-state index is 13.5. The molecule has 1 saturated heterocycles. The van der Waals surface area contributed by atoms with E-state index in [1.54, 1.807) is 0 Å². The fourth-order valence-corrected chi connectivity index (χ4v) is 8.70. The van der Waals surface area contributed by atoms with Crippen molar-refractivity contribution in [2.75, 3.05) is 13.7 Å². The van der Waals surface area contributed by atoms with E-state index in [4.69, 9.17) is 30.1 Å². The van der Waals surface area contributed by atoms with E-state index in [0.29, 0.717) is 35.9 Å². The van der Waals surface area contributed by atoms with Crippen LogP contribution in [0.2, 0.25) is 0 Å². The van der Waals surface area contributed by atoms with Crippen molar-refractivity contribution in [3.05, 3.63) is 95.4 Å². The van der Waals surface area contributed by atoms with Crippen LogP contribution in [0.15, 0.2) is 40.4 Å². The van der Waals surface area contributed by atoms with Gasteiger partial charge in [-0.15, -0.1) is 27.8 Å². The van der Waals surface area contributed by atoms with Gasteiger partial charge in [-0.05, 0) is 83.1 Å². The number of carbonyl (C=O) groups excluding carboxylic acids is 1. The van der Waals surface area contributed by atoms with Gasteiger partial charge in [-0.1, -0.05) is 97.9 Å². The van der Waals surface area contributed by atoms with E-state index in [-0.39, 0.29) is 40.8 Å². The second-order valence-electron chi connectivity index (χ2n) is 14.7. The van der Waals surface area contributed by atoms with Crippen molar-refractivity contribution in [1.82, 2.24) is 9.97 Å². The van der Waals surface area contributed by atoms with Crippen molar-refractivity contribution in [2.45, 2.75) is 112 Å². The average molecular weight is 719 g/mol. The second kappa shape index (κ2) is 16.6. The fraction of sp³-hybridized carbons (Fsp3) is 0.548. The van der Waals surface area contributed by atoms with Gasteiger partial charge in [0.25, 0.3) is 0 Å². The summed E-state index contributed by atoms with van der Waals surface area (Å²) in [6.45, 7) is 17.3. The molecule has 2 aromatic heterocycles. The van der Waals surface area contributed by atoms with Crippen molar-refractivity contribution < 1.29 is 24.5 Å². The molecule has 1 aliphatic carbocycles. The van der Waals surface area contributed by atoms with Gasteiger partial charge in [0.1, 0.15) is 5.92 Å². The smallest absolute Gasteiger partial charge is 0.681 e. The number of hydrogen-bond donors (Lipinski definition) is 2. The molecule has 8 bridgehead atoms. The molecule has 2 aromatic rings. The summed E-state index contributed by atoms with van der Waals surface area (Å²) in [4.78, 5) is 23.8. The molecule has 5 heterocycles. The topological polar surface area (TPSA) is 132 Å². The van der Waals surface area contributed by atoms with Crippen LogP contribution < -0.4 is 20.7 Å². The average Bonchev–Trinajstić information content (AvgIpc) is 3.84. The van der Waals surface area contributed by atoms with Gasteiger partial charge < -0.3 is 40.3 Å². The number of rotatable bonds is 11. The SMILES string of the molecule is CCC/C(C)=C/COC(O)CC[C@@H]1C2[N-]/C(=C\C3=C(C)[C@@H](CC)/C(=C/c4[n-]c(c(CC)c4C)/C=c4\[n-]c5c(c4C)[C@@H](O)[C@H](C(=O)OC)C=52)[N-]3)[C@H]1C.[Mg+2]. The summed E-state index contributed by atoms with van der Waals surface area (Å²) >= 11 is 0. The number of esters is 1. The van der Waals surface area contributed by atoms with Crippen LogP contribution in [0.5, 0.6) is 0 Å². The van der Waals surface area contributed by atoms with Gasteiger partial charge in [0, 0.05) is 0 Å². The Morgan fingerprint density at radius 2 is 1.79 bits per heavy atom. The molecule has 276 valence electrons. The summed E-state index contributed by atoms with van der Waals surface area (Å²) < 4.78 is 11.1. The Bertz CT molecular complexity index is 1930. The third kappa shape index (κ3) is 7.26. The zero-order chi connectivity index (χ0) is 36.7. The van der Waals surface area contributed by atoms with E-state index in [2.05, 4.69) is 60.6 Å². The Balaban J connectivity index is 0.00000523. The van der Waals surface area contributed by atoms with E-state index < -0.39 is 30.3 Å². The summed E-state index contributed by atoms with van der Waals surface area (Å²) in [7, 11) is 1.36. The molecule has 0 radical (unpaired) electrons. The number of aliphatic hydroxyl groups excluding tert-OH is 2. The molecule has 10 heteroatoms. The molecule has 3 aliphatic heterocycles. The van der Waals surface area contributed by atoms with Gasteiger partial charge in [-0.25, -0.2) is 0 Å². The van der Waals surface area contributed by atoms with Crippen LogP contribution in [-0.2, 0) is 20.7 Å². The zero-order valence-electron chi connectivity index (χ0n) is 32.4. The monoisotopic (exact) mass is 718 g/mol. The Morgan fingerprint density at radius 1 is 1.04 bits per heavy atom. The Hall–Kier alpha value is -3.02. The van der Waals surface area contributed by atoms with Gasteiger partial charge in [0.05, 0.1) is 19.8 Å². The Labute approximate surface area is 325 Å². The molecule has 0 aromatic carbocycles. The molecule has 1 fully saturated rings. The van der Waals surface area contributed by atoms with Gasteiger partial charge in [-0.2, -0.15) is 11.4 Å². The van der Waals surface area contributed by atoms with Crippen LogP contribution in [0, 0.1) is 37.5 Å². The molecule has 7 atom stereocenters. The quantitative estimate of drug-likeness (QED) is 0.126. The van der Waals surface area contributed by atoms with E-state index >= 15 is 0 Å². The molecule has 2 N–H and O–H groups in total. The molecule has 2 unspecified atom stereocenters. The number of methoxy groups -OCH3 is 1. The first-order valence-corrected chi connectivity index (χ1v) is 18.8. The predicted octanol–water partition coefficient (Wildman–Crippen LogP) is 6.01. The van der Waals surface area contributed by atoms with Crippen molar-refractivity contribution in [2.24, 2.45) is 23.7 Å². The minimum Gasteiger partial charge on any atom is -0.681 e. The first-order valence-electron chi connectivity index (χ1n) is 18.8. The number of aliphatic hydroxyl groups is 2. The first-order chi connectivity index (χ1) is 24.4. The van der Waals surface area contributed by atoms with E-state index in [0.717, 1.165) is 76.2 Å². The van der Waals surface area contributed by atoms with Crippen molar-refractivity contribution >= 4 is 46.7 Å². The summed E-state index contributed by atoms with van der Waals surface area (Å²) in [6.07, 6.45) is 11.0. The molecule has 9 nitrogen and oxygen atoms in total. The van der Waals surface area contributed by atoms with Crippen LogP contribution in [0.4, 0.5) is 0 Å². The summed E-state index contributed by atoms with van der Waals surface area (Å²) in [5.41, 5.74) is 11.4. The van der Waals surface area contributed by atoms with Crippen molar-refractivity contribution in [3.8, 4) is 0 Å². The maximum atomic E-state index is 13.5. The third-order valence-corrected chi connectivity index (χ3v) is 11.7. The molecule has 6 rings (SSSR count). The largest absolute Gasteiger partial charge is 2.00 e. The number of aromatic nitrogens is 2. The van der Waals surface area contributed by atoms with Crippen LogP contribution >= 0.6 is 0 Å². The minimum atomic E-state index is -1.12. The molecule has 0 spiro atoms. The van der Waals surface area contributed by atoms with Gasteiger partial charge in [0.2, 0.25) is 0 Å². The van der Waals surface area contributed by atoms with Crippen LogP contribution in [-0.4, -0.2) is 65.3 Å². The van der Waals surface area contributed by atoms with Gasteiger partial charge >= 0.3 is 29.0 Å². The second-order valence-corrected chi connectivity index (χ2v) is 14.7. The summed E-state index contributed by atoms with van der Waals surface area (Å²) in [5, 5.41) is 34.7. The number of carbonyl (C=O) groups is 1. The van der Waals surface area contributed by atoms with Gasteiger partial charge in [-0.3, -0.25) is 4.79 Å². The molecule has 52 heavy (non-hydrogen) atoms. The first kappa shape index (κ1) is 40.2. The van der Waals surface area contributed by atoms with E-state index in [1.807, 2.05) is 19.1 Å². The normalized spacial score (nSPS) is 28.2.